The number of carbonyl (C=O) groups excluding carboxylic acids is 1. The second-order valence-corrected chi connectivity index (χ2v) is 5.29. The topological polar surface area (TPSA) is 54.9 Å². The van der Waals surface area contributed by atoms with Crippen molar-refractivity contribution in [2.75, 3.05) is 5.32 Å². The van der Waals surface area contributed by atoms with E-state index in [1.165, 1.54) is 18.3 Å². The van der Waals surface area contributed by atoms with Gasteiger partial charge in [0.05, 0.1) is 11.3 Å². The predicted octanol–water partition coefficient (Wildman–Crippen LogP) is 3.43. The fourth-order valence-electron chi connectivity index (χ4n) is 1.54. The average Bonchev–Trinajstić information content (AvgIpc) is 2.73. The Morgan fingerprint density at radius 3 is 2.50 bits per heavy atom. The van der Waals surface area contributed by atoms with Gasteiger partial charge in [-0.05, 0) is 26.0 Å². The molecule has 1 N–H and O–H groups in total. The zero-order valence-electron chi connectivity index (χ0n) is 10.6. The number of alkyl halides is 3. The molecule has 0 aliphatic heterocycles. The molecule has 0 fully saturated rings. The highest BCUT2D eigenvalue weighted by atomic mass is 32.1. The quantitative estimate of drug-likeness (QED) is 0.924. The molecule has 2 rings (SSSR count). The van der Waals surface area contributed by atoms with Gasteiger partial charge in [-0.15, -0.1) is 11.3 Å². The SMILES string of the molecule is Cc1cnc(NC(=O)c2ccc(C(F)(F)F)nc2C)s1. The summed E-state index contributed by atoms with van der Waals surface area (Å²) in [7, 11) is 0. The number of aromatic nitrogens is 2. The van der Waals surface area contributed by atoms with E-state index in [-0.39, 0.29) is 11.3 Å². The number of anilines is 1. The largest absolute Gasteiger partial charge is 0.433 e. The van der Waals surface area contributed by atoms with Crippen LogP contribution in [0.5, 0.6) is 0 Å². The number of thiazole rings is 1. The molecule has 0 saturated carbocycles. The summed E-state index contributed by atoms with van der Waals surface area (Å²) >= 11 is 1.28. The minimum atomic E-state index is -4.52. The molecule has 0 aliphatic carbocycles. The fourth-order valence-corrected chi connectivity index (χ4v) is 2.20. The number of pyridine rings is 1. The summed E-state index contributed by atoms with van der Waals surface area (Å²) in [5.74, 6) is -0.530. The van der Waals surface area contributed by atoms with Gasteiger partial charge in [-0.1, -0.05) is 0 Å². The van der Waals surface area contributed by atoms with E-state index in [9.17, 15) is 18.0 Å². The van der Waals surface area contributed by atoms with Crippen LogP contribution in [0, 0.1) is 13.8 Å². The fraction of sp³-hybridized carbons (Fsp3) is 0.250. The Morgan fingerprint density at radius 1 is 1.30 bits per heavy atom. The second-order valence-electron chi connectivity index (χ2n) is 4.06. The van der Waals surface area contributed by atoms with Crippen LogP contribution in [0.1, 0.15) is 26.6 Å². The lowest BCUT2D eigenvalue weighted by molar-refractivity contribution is -0.141. The molecule has 0 bridgehead atoms. The molecule has 2 heterocycles. The van der Waals surface area contributed by atoms with Gasteiger partial charge in [-0.25, -0.2) is 9.97 Å². The zero-order valence-corrected chi connectivity index (χ0v) is 11.4. The monoisotopic (exact) mass is 301 g/mol. The van der Waals surface area contributed by atoms with E-state index in [4.69, 9.17) is 0 Å². The van der Waals surface area contributed by atoms with Crippen molar-refractivity contribution in [2.24, 2.45) is 0 Å². The number of rotatable bonds is 2. The number of nitrogens with one attached hydrogen (secondary N) is 1. The van der Waals surface area contributed by atoms with Crippen molar-refractivity contribution in [3.63, 3.8) is 0 Å². The number of nitrogens with zero attached hydrogens (tertiary/aromatic N) is 2. The molecule has 0 unspecified atom stereocenters. The van der Waals surface area contributed by atoms with Crippen LogP contribution in [0.15, 0.2) is 18.3 Å². The Labute approximate surface area is 116 Å². The Kier molecular flexibility index (Phi) is 3.76. The van der Waals surface area contributed by atoms with Crippen LogP contribution in [-0.2, 0) is 6.18 Å². The first-order valence-corrected chi connectivity index (χ1v) is 6.37. The Hall–Kier alpha value is -1.96. The van der Waals surface area contributed by atoms with Crippen LogP contribution in [0.4, 0.5) is 18.3 Å². The van der Waals surface area contributed by atoms with Crippen molar-refractivity contribution in [3.8, 4) is 0 Å². The molecule has 20 heavy (non-hydrogen) atoms. The van der Waals surface area contributed by atoms with E-state index < -0.39 is 17.8 Å². The molecule has 0 aliphatic rings. The van der Waals surface area contributed by atoms with Crippen LogP contribution < -0.4 is 5.32 Å². The van der Waals surface area contributed by atoms with Crippen molar-refractivity contribution in [1.82, 2.24) is 9.97 Å². The van der Waals surface area contributed by atoms with Gasteiger partial charge in [0.15, 0.2) is 5.13 Å². The highest BCUT2D eigenvalue weighted by molar-refractivity contribution is 7.15. The number of hydrogen-bond donors (Lipinski definition) is 1. The van der Waals surface area contributed by atoms with Crippen LogP contribution in [0.2, 0.25) is 0 Å². The molecule has 1 amide bonds. The van der Waals surface area contributed by atoms with E-state index in [1.54, 1.807) is 6.20 Å². The normalized spacial score (nSPS) is 11.4. The summed E-state index contributed by atoms with van der Waals surface area (Å²) in [5, 5.41) is 2.92. The van der Waals surface area contributed by atoms with Gasteiger partial charge in [0, 0.05) is 11.1 Å². The number of hydrogen-bond acceptors (Lipinski definition) is 4. The lowest BCUT2D eigenvalue weighted by atomic mass is 10.1. The highest BCUT2D eigenvalue weighted by Gasteiger charge is 2.33. The van der Waals surface area contributed by atoms with Gasteiger partial charge < -0.3 is 0 Å². The zero-order chi connectivity index (χ0) is 14.9. The Morgan fingerprint density at radius 2 is 2.00 bits per heavy atom. The first kappa shape index (κ1) is 14.4. The third kappa shape index (κ3) is 3.13. The van der Waals surface area contributed by atoms with Gasteiger partial charge in [-0.2, -0.15) is 13.2 Å². The minimum absolute atomic E-state index is 0.0191. The highest BCUT2D eigenvalue weighted by Crippen LogP contribution is 2.28. The summed E-state index contributed by atoms with van der Waals surface area (Å²) in [6.07, 6.45) is -2.93. The summed E-state index contributed by atoms with van der Waals surface area (Å²) in [4.78, 5) is 20.2. The van der Waals surface area contributed by atoms with Gasteiger partial charge in [0.25, 0.3) is 5.91 Å². The Bertz CT molecular complexity index is 652. The molecule has 0 radical (unpaired) electrons. The summed E-state index contributed by atoms with van der Waals surface area (Å²) in [5.41, 5.74) is -0.909. The van der Waals surface area contributed by atoms with E-state index in [2.05, 4.69) is 15.3 Å². The number of halogens is 3. The van der Waals surface area contributed by atoms with Crippen molar-refractivity contribution in [1.29, 1.82) is 0 Å². The summed E-state index contributed by atoms with van der Waals surface area (Å²) in [6.45, 7) is 3.19. The molecule has 4 nitrogen and oxygen atoms in total. The molecule has 2 aromatic rings. The first-order valence-electron chi connectivity index (χ1n) is 5.56. The van der Waals surface area contributed by atoms with Crippen molar-refractivity contribution >= 4 is 22.4 Å². The molecular formula is C12H10F3N3OS. The van der Waals surface area contributed by atoms with Gasteiger partial charge in [0.1, 0.15) is 5.69 Å². The molecule has 0 saturated heterocycles. The molecule has 0 spiro atoms. The molecule has 0 atom stereocenters. The maximum atomic E-state index is 12.5. The van der Waals surface area contributed by atoms with Crippen molar-refractivity contribution < 1.29 is 18.0 Å². The van der Waals surface area contributed by atoms with Gasteiger partial charge >= 0.3 is 6.18 Å². The number of carbonyl (C=O) groups is 1. The number of amides is 1. The standard InChI is InChI=1S/C12H10F3N3OS/c1-6-5-16-11(20-6)18-10(19)8-3-4-9(12(13,14)15)17-7(8)2/h3-5H,1-2H3,(H,16,18,19). The van der Waals surface area contributed by atoms with E-state index >= 15 is 0 Å². The average molecular weight is 301 g/mol. The van der Waals surface area contributed by atoms with Crippen molar-refractivity contribution in [3.05, 3.63) is 40.2 Å². The summed E-state index contributed by atoms with van der Waals surface area (Å²) in [6, 6.07) is 1.90. The molecule has 8 heteroatoms. The molecule has 2 aromatic heterocycles. The van der Waals surface area contributed by atoms with Crippen LogP contribution in [-0.4, -0.2) is 15.9 Å². The van der Waals surface area contributed by atoms with Crippen molar-refractivity contribution in [2.45, 2.75) is 20.0 Å². The van der Waals surface area contributed by atoms with Crippen LogP contribution in [0.25, 0.3) is 0 Å². The molecular weight excluding hydrogens is 291 g/mol. The maximum Gasteiger partial charge on any atom is 0.433 e. The van der Waals surface area contributed by atoms with E-state index in [0.29, 0.717) is 5.13 Å². The van der Waals surface area contributed by atoms with E-state index in [1.807, 2.05) is 6.92 Å². The Balaban J connectivity index is 2.22. The van der Waals surface area contributed by atoms with Crippen LogP contribution >= 0.6 is 11.3 Å². The second kappa shape index (κ2) is 5.20. The van der Waals surface area contributed by atoms with Crippen LogP contribution in [0.3, 0.4) is 0 Å². The molecule has 106 valence electrons. The van der Waals surface area contributed by atoms with Gasteiger partial charge in [-0.3, -0.25) is 10.1 Å². The maximum absolute atomic E-state index is 12.5. The summed E-state index contributed by atoms with van der Waals surface area (Å²) < 4.78 is 37.4. The minimum Gasteiger partial charge on any atom is -0.298 e. The number of aryl methyl sites for hydroxylation is 2. The van der Waals surface area contributed by atoms with E-state index in [0.717, 1.165) is 17.0 Å². The van der Waals surface area contributed by atoms with Gasteiger partial charge in [0.2, 0.25) is 0 Å². The first-order chi connectivity index (χ1) is 9.27. The predicted molar refractivity (Wildman–Crippen MR) is 68.8 cm³/mol. The lowest BCUT2D eigenvalue weighted by Crippen LogP contribution is -2.16. The third-order valence-electron chi connectivity index (χ3n) is 2.46. The lowest BCUT2D eigenvalue weighted by Gasteiger charge is -2.09. The third-order valence-corrected chi connectivity index (χ3v) is 3.29. The smallest absolute Gasteiger partial charge is 0.298 e. The molecule has 0 aromatic carbocycles.